The predicted octanol–water partition coefficient (Wildman–Crippen LogP) is 0.859. The molecule has 4 amide bonds. The van der Waals surface area contributed by atoms with E-state index in [0.717, 1.165) is 37.7 Å². The Morgan fingerprint density at radius 3 is 2.60 bits per heavy atom. The Bertz CT molecular complexity index is 1170. The summed E-state index contributed by atoms with van der Waals surface area (Å²) < 4.78 is 5.31. The summed E-state index contributed by atoms with van der Waals surface area (Å²) in [5, 5.41) is 8.74. The fourth-order valence-corrected chi connectivity index (χ4v) is 6.38. The van der Waals surface area contributed by atoms with Gasteiger partial charge in [0.15, 0.2) is 0 Å². The number of likely N-dealkylation sites (N-methyl/N-ethyl adjacent to an activating group) is 1. The van der Waals surface area contributed by atoms with Crippen LogP contribution in [0.5, 0.6) is 0 Å². The molecule has 0 saturated carbocycles. The number of fused-ring (bicyclic) bond motifs is 4. The standard InChI is InChI=1S/C29H39N5O6/c1-17(30-2)25(35)32-22-9-4-3-8-20-10-12-23(34(20)28(22)38)26(36)31-15-18-6-5-7-19(14-18)27(37)33-16-21-11-13-24(33)29(39)40-21/h5-7,14,17,20-24,30H,3-4,8-13,15-16H2,1-2H3,(H,31,36)(H,32,35)/t17-,20-,21?,22-,23-,24?/m0/s1. The summed E-state index contributed by atoms with van der Waals surface area (Å²) >= 11 is 0. The Labute approximate surface area is 234 Å². The molecule has 216 valence electrons. The van der Waals surface area contributed by atoms with Gasteiger partial charge in [-0.15, -0.1) is 0 Å². The van der Waals surface area contributed by atoms with Crippen LogP contribution in [0, 0.1) is 0 Å². The molecule has 11 heteroatoms. The lowest BCUT2D eigenvalue weighted by molar-refractivity contribution is -0.172. The van der Waals surface area contributed by atoms with Crippen molar-refractivity contribution in [3.8, 4) is 0 Å². The third kappa shape index (κ3) is 5.70. The molecule has 2 bridgehead atoms. The van der Waals surface area contributed by atoms with Gasteiger partial charge in [0, 0.05) is 18.2 Å². The molecule has 0 aliphatic carbocycles. The molecule has 1 aromatic carbocycles. The zero-order valence-corrected chi connectivity index (χ0v) is 23.2. The zero-order valence-electron chi connectivity index (χ0n) is 23.2. The molecule has 0 radical (unpaired) electrons. The first-order chi connectivity index (χ1) is 19.3. The molecule has 5 aliphatic heterocycles. The number of amides is 4. The monoisotopic (exact) mass is 553 g/mol. The highest BCUT2D eigenvalue weighted by Crippen LogP contribution is 2.32. The van der Waals surface area contributed by atoms with Crippen molar-refractivity contribution in [2.24, 2.45) is 0 Å². The first kappa shape index (κ1) is 28.1. The molecule has 6 rings (SSSR count). The van der Waals surface area contributed by atoms with Crippen LogP contribution in [0.2, 0.25) is 0 Å². The minimum absolute atomic E-state index is 0.0165. The fourth-order valence-electron chi connectivity index (χ4n) is 6.38. The molecule has 1 aromatic rings. The van der Waals surface area contributed by atoms with Crippen LogP contribution in [-0.2, 0) is 30.5 Å². The van der Waals surface area contributed by atoms with Gasteiger partial charge in [0.25, 0.3) is 5.91 Å². The Hall–Kier alpha value is -3.47. The van der Waals surface area contributed by atoms with Gasteiger partial charge in [-0.2, -0.15) is 0 Å². The predicted molar refractivity (Wildman–Crippen MR) is 145 cm³/mol. The van der Waals surface area contributed by atoms with Gasteiger partial charge in [-0.1, -0.05) is 25.0 Å². The maximum atomic E-state index is 13.6. The number of hydrogen-bond acceptors (Lipinski definition) is 7. The second-order valence-electron chi connectivity index (χ2n) is 11.4. The lowest BCUT2D eigenvalue weighted by Crippen LogP contribution is -2.59. The van der Waals surface area contributed by atoms with Crippen molar-refractivity contribution in [3.63, 3.8) is 0 Å². The molecule has 6 atom stereocenters. The topological polar surface area (TPSA) is 137 Å². The number of piperidine rings is 1. The molecule has 5 saturated heterocycles. The van der Waals surface area contributed by atoms with Gasteiger partial charge in [-0.3, -0.25) is 19.2 Å². The van der Waals surface area contributed by atoms with Crippen LogP contribution >= 0.6 is 0 Å². The van der Waals surface area contributed by atoms with Crippen LogP contribution in [0.25, 0.3) is 0 Å². The molecule has 5 heterocycles. The van der Waals surface area contributed by atoms with Crippen LogP contribution in [0.4, 0.5) is 0 Å². The van der Waals surface area contributed by atoms with Gasteiger partial charge in [0.2, 0.25) is 17.7 Å². The van der Waals surface area contributed by atoms with Gasteiger partial charge in [0.05, 0.1) is 12.6 Å². The maximum absolute atomic E-state index is 13.6. The van der Waals surface area contributed by atoms with Gasteiger partial charge in [-0.05, 0) is 70.2 Å². The van der Waals surface area contributed by atoms with E-state index in [2.05, 4.69) is 16.0 Å². The average molecular weight is 554 g/mol. The Morgan fingerprint density at radius 2 is 1.85 bits per heavy atom. The van der Waals surface area contributed by atoms with Crippen LogP contribution in [0.15, 0.2) is 24.3 Å². The average Bonchev–Trinajstić information content (AvgIpc) is 3.39. The van der Waals surface area contributed by atoms with E-state index in [1.54, 1.807) is 42.0 Å². The number of hydrogen-bond donors (Lipinski definition) is 3. The first-order valence-corrected chi connectivity index (χ1v) is 14.4. The molecule has 11 nitrogen and oxygen atoms in total. The molecule has 2 unspecified atom stereocenters. The third-order valence-corrected chi connectivity index (χ3v) is 8.78. The number of carbonyl (C=O) groups excluding carboxylic acids is 5. The summed E-state index contributed by atoms with van der Waals surface area (Å²) in [7, 11) is 1.69. The van der Waals surface area contributed by atoms with E-state index in [1.807, 2.05) is 6.07 Å². The number of rotatable bonds is 7. The number of ether oxygens (including phenoxy) is 1. The minimum Gasteiger partial charge on any atom is -0.459 e. The van der Waals surface area contributed by atoms with Crippen molar-refractivity contribution in [3.05, 3.63) is 35.4 Å². The Kier molecular flexibility index (Phi) is 8.39. The smallest absolute Gasteiger partial charge is 0.329 e. The lowest BCUT2D eigenvalue weighted by Gasteiger charge is -2.43. The van der Waals surface area contributed by atoms with E-state index in [0.29, 0.717) is 31.4 Å². The number of benzene rings is 1. The van der Waals surface area contributed by atoms with Gasteiger partial charge >= 0.3 is 5.97 Å². The van der Waals surface area contributed by atoms with E-state index < -0.39 is 24.2 Å². The normalized spacial score (nSPS) is 28.7. The summed E-state index contributed by atoms with van der Waals surface area (Å²) in [4.78, 5) is 68.1. The van der Waals surface area contributed by atoms with Crippen LogP contribution in [-0.4, -0.2) is 89.3 Å². The van der Waals surface area contributed by atoms with Crippen molar-refractivity contribution in [1.29, 1.82) is 0 Å². The number of esters is 1. The number of carbonyl (C=O) groups is 5. The fraction of sp³-hybridized carbons (Fsp3) is 0.621. The molecular weight excluding hydrogens is 514 g/mol. The highest BCUT2D eigenvalue weighted by molar-refractivity contribution is 5.98. The van der Waals surface area contributed by atoms with E-state index in [-0.39, 0.29) is 48.3 Å². The van der Waals surface area contributed by atoms with Crippen LogP contribution in [0.1, 0.15) is 74.2 Å². The summed E-state index contributed by atoms with van der Waals surface area (Å²) in [6, 6.07) is 4.82. The molecule has 0 spiro atoms. The number of morpholine rings is 1. The van der Waals surface area contributed by atoms with E-state index in [1.165, 1.54) is 0 Å². The third-order valence-electron chi connectivity index (χ3n) is 8.78. The number of nitrogens with zero attached hydrogens (tertiary/aromatic N) is 2. The SMILES string of the molecule is CN[C@@H](C)C(=O)N[C@H]1CCCC[C@H]2CC[C@@H](C(=O)NCc3cccc(C(=O)N4CC5CCC4C(=O)O5)c3)N2C1=O. The molecule has 40 heavy (non-hydrogen) atoms. The van der Waals surface area contributed by atoms with Crippen molar-refractivity contribution in [2.45, 2.75) is 101 Å². The van der Waals surface area contributed by atoms with Crippen molar-refractivity contribution >= 4 is 29.6 Å². The first-order valence-electron chi connectivity index (χ1n) is 14.4. The van der Waals surface area contributed by atoms with Gasteiger partial charge in [-0.25, -0.2) is 4.79 Å². The van der Waals surface area contributed by atoms with Gasteiger partial charge < -0.3 is 30.5 Å². The summed E-state index contributed by atoms with van der Waals surface area (Å²) in [6.07, 6.45) is 5.65. The maximum Gasteiger partial charge on any atom is 0.329 e. The van der Waals surface area contributed by atoms with Crippen LogP contribution < -0.4 is 16.0 Å². The second kappa shape index (κ2) is 12.0. The van der Waals surface area contributed by atoms with E-state index in [9.17, 15) is 24.0 Å². The quantitative estimate of drug-likeness (QED) is 0.426. The molecule has 3 N–H and O–H groups in total. The summed E-state index contributed by atoms with van der Waals surface area (Å²) in [6.45, 7) is 2.35. The second-order valence-corrected chi connectivity index (χ2v) is 11.4. The Morgan fingerprint density at radius 1 is 1.05 bits per heavy atom. The van der Waals surface area contributed by atoms with Crippen molar-refractivity contribution in [1.82, 2.24) is 25.8 Å². The Balaban J connectivity index is 1.23. The van der Waals surface area contributed by atoms with E-state index in [4.69, 9.17) is 4.74 Å². The lowest BCUT2D eigenvalue weighted by atomic mass is 9.95. The molecular formula is C29H39N5O6. The molecule has 5 fully saturated rings. The largest absolute Gasteiger partial charge is 0.459 e. The summed E-state index contributed by atoms with van der Waals surface area (Å²) in [5.74, 6) is -1.22. The van der Waals surface area contributed by atoms with Crippen molar-refractivity contribution in [2.75, 3.05) is 13.6 Å². The highest BCUT2D eigenvalue weighted by Gasteiger charge is 2.45. The number of nitrogens with one attached hydrogen (secondary N) is 3. The minimum atomic E-state index is -0.649. The highest BCUT2D eigenvalue weighted by atomic mass is 16.6. The zero-order chi connectivity index (χ0) is 28.4. The van der Waals surface area contributed by atoms with E-state index >= 15 is 0 Å². The van der Waals surface area contributed by atoms with Crippen molar-refractivity contribution < 1.29 is 28.7 Å². The summed E-state index contributed by atoms with van der Waals surface area (Å²) in [5.41, 5.74) is 1.21. The molecule has 5 aliphatic rings. The molecule has 0 aromatic heterocycles. The van der Waals surface area contributed by atoms with Gasteiger partial charge in [0.1, 0.15) is 24.2 Å². The van der Waals surface area contributed by atoms with Crippen LogP contribution in [0.3, 0.4) is 0 Å².